The van der Waals surface area contributed by atoms with E-state index < -0.39 is 0 Å². The van der Waals surface area contributed by atoms with Crippen LogP contribution < -0.4 is 5.32 Å². The first-order chi connectivity index (χ1) is 13.0. The number of piperazine rings is 1. The molecular formula is C20H21Cl2N3O2. The summed E-state index contributed by atoms with van der Waals surface area (Å²) in [5, 5.41) is 4.15. The van der Waals surface area contributed by atoms with Crippen molar-refractivity contribution in [2.75, 3.05) is 39.3 Å². The van der Waals surface area contributed by atoms with Gasteiger partial charge in [0.2, 0.25) is 0 Å². The fourth-order valence-corrected chi connectivity index (χ4v) is 3.23. The Balaban J connectivity index is 1.40. The van der Waals surface area contributed by atoms with Gasteiger partial charge in [0.25, 0.3) is 11.8 Å². The second-order valence-electron chi connectivity index (χ2n) is 6.40. The standard InChI is InChI=1S/C20H21Cl2N3O2/c21-17-5-1-15(2-6-17)19(26)23-9-10-24-11-13-25(14-12-24)20(27)16-3-7-18(22)8-4-16/h1-8H,9-14H2,(H,23,26). The predicted octanol–water partition coefficient (Wildman–Crippen LogP) is 3.18. The minimum Gasteiger partial charge on any atom is -0.351 e. The molecule has 0 atom stereocenters. The first-order valence-corrected chi connectivity index (χ1v) is 9.59. The number of nitrogens with one attached hydrogen (secondary N) is 1. The summed E-state index contributed by atoms with van der Waals surface area (Å²) in [5.41, 5.74) is 1.25. The smallest absolute Gasteiger partial charge is 0.253 e. The maximum absolute atomic E-state index is 12.5. The predicted molar refractivity (Wildman–Crippen MR) is 108 cm³/mol. The minimum atomic E-state index is -0.108. The van der Waals surface area contributed by atoms with E-state index in [4.69, 9.17) is 23.2 Å². The summed E-state index contributed by atoms with van der Waals surface area (Å²) < 4.78 is 0. The summed E-state index contributed by atoms with van der Waals surface area (Å²) in [6.45, 7) is 4.24. The maximum atomic E-state index is 12.5. The van der Waals surface area contributed by atoms with Crippen molar-refractivity contribution in [3.05, 3.63) is 69.7 Å². The summed E-state index contributed by atoms with van der Waals surface area (Å²) in [5.74, 6) is -0.0782. The Kier molecular flexibility index (Phi) is 6.72. The fourth-order valence-electron chi connectivity index (χ4n) is 2.98. The summed E-state index contributed by atoms with van der Waals surface area (Å²) >= 11 is 11.7. The molecule has 2 aromatic rings. The molecule has 142 valence electrons. The molecule has 5 nitrogen and oxygen atoms in total. The SMILES string of the molecule is O=C(NCCN1CCN(C(=O)c2ccc(Cl)cc2)CC1)c1ccc(Cl)cc1. The average molecular weight is 406 g/mol. The Bertz CT molecular complexity index is 783. The highest BCUT2D eigenvalue weighted by molar-refractivity contribution is 6.31. The van der Waals surface area contributed by atoms with Crippen LogP contribution in [-0.2, 0) is 0 Å². The summed E-state index contributed by atoms with van der Waals surface area (Å²) in [7, 11) is 0. The number of carbonyl (C=O) groups is 2. The molecule has 3 rings (SSSR count). The number of amides is 2. The third-order valence-electron chi connectivity index (χ3n) is 4.57. The lowest BCUT2D eigenvalue weighted by molar-refractivity contribution is 0.0638. The van der Waals surface area contributed by atoms with Gasteiger partial charge >= 0.3 is 0 Å². The van der Waals surface area contributed by atoms with Crippen LogP contribution in [0.2, 0.25) is 10.0 Å². The number of halogens is 2. The average Bonchev–Trinajstić information content (AvgIpc) is 2.69. The second kappa shape index (κ2) is 9.22. The van der Waals surface area contributed by atoms with E-state index in [2.05, 4.69) is 10.2 Å². The van der Waals surface area contributed by atoms with Crippen LogP contribution in [0.25, 0.3) is 0 Å². The van der Waals surface area contributed by atoms with Crippen LogP contribution in [0, 0.1) is 0 Å². The molecule has 7 heteroatoms. The number of nitrogens with zero attached hydrogens (tertiary/aromatic N) is 2. The number of hydrogen-bond acceptors (Lipinski definition) is 3. The number of benzene rings is 2. The largest absolute Gasteiger partial charge is 0.351 e. The van der Waals surface area contributed by atoms with Crippen LogP contribution >= 0.6 is 23.2 Å². The lowest BCUT2D eigenvalue weighted by Gasteiger charge is -2.34. The van der Waals surface area contributed by atoms with E-state index in [1.54, 1.807) is 48.5 Å². The third-order valence-corrected chi connectivity index (χ3v) is 5.07. The van der Waals surface area contributed by atoms with E-state index in [9.17, 15) is 9.59 Å². The van der Waals surface area contributed by atoms with Crippen molar-refractivity contribution in [3.63, 3.8) is 0 Å². The van der Waals surface area contributed by atoms with Gasteiger partial charge in [0.05, 0.1) is 0 Å². The Morgan fingerprint density at radius 3 is 1.89 bits per heavy atom. The van der Waals surface area contributed by atoms with Gasteiger partial charge < -0.3 is 10.2 Å². The first kappa shape index (κ1) is 19.7. The molecule has 1 aliphatic heterocycles. The number of hydrogen-bond donors (Lipinski definition) is 1. The molecular weight excluding hydrogens is 385 g/mol. The van der Waals surface area contributed by atoms with Crippen molar-refractivity contribution in [3.8, 4) is 0 Å². The van der Waals surface area contributed by atoms with Gasteiger partial charge in [-0.3, -0.25) is 14.5 Å². The molecule has 0 spiro atoms. The molecule has 2 amide bonds. The molecule has 1 N–H and O–H groups in total. The van der Waals surface area contributed by atoms with E-state index in [1.165, 1.54) is 0 Å². The highest BCUT2D eigenvalue weighted by Gasteiger charge is 2.21. The van der Waals surface area contributed by atoms with E-state index in [1.807, 2.05) is 4.90 Å². The summed E-state index contributed by atoms with van der Waals surface area (Å²) in [6.07, 6.45) is 0. The zero-order chi connectivity index (χ0) is 19.2. The van der Waals surface area contributed by atoms with Crippen molar-refractivity contribution < 1.29 is 9.59 Å². The van der Waals surface area contributed by atoms with Crippen LogP contribution in [0.1, 0.15) is 20.7 Å². The second-order valence-corrected chi connectivity index (χ2v) is 7.28. The maximum Gasteiger partial charge on any atom is 0.253 e. The molecule has 1 aliphatic rings. The van der Waals surface area contributed by atoms with E-state index >= 15 is 0 Å². The zero-order valence-corrected chi connectivity index (χ0v) is 16.3. The first-order valence-electron chi connectivity index (χ1n) is 8.84. The third kappa shape index (κ3) is 5.45. The van der Waals surface area contributed by atoms with E-state index in [0.29, 0.717) is 40.8 Å². The van der Waals surface area contributed by atoms with Crippen molar-refractivity contribution in [2.45, 2.75) is 0 Å². The van der Waals surface area contributed by atoms with Crippen LogP contribution in [0.5, 0.6) is 0 Å². The van der Waals surface area contributed by atoms with Crippen LogP contribution in [-0.4, -0.2) is 60.9 Å². The van der Waals surface area contributed by atoms with Crippen LogP contribution in [0.15, 0.2) is 48.5 Å². The normalized spacial score (nSPS) is 14.8. The molecule has 0 radical (unpaired) electrons. The molecule has 2 aromatic carbocycles. The quantitative estimate of drug-likeness (QED) is 0.830. The van der Waals surface area contributed by atoms with Gasteiger partial charge in [-0.2, -0.15) is 0 Å². The fraction of sp³-hybridized carbons (Fsp3) is 0.300. The molecule has 0 aromatic heterocycles. The van der Waals surface area contributed by atoms with Gasteiger partial charge in [-0.1, -0.05) is 23.2 Å². The summed E-state index contributed by atoms with van der Waals surface area (Å²) in [4.78, 5) is 28.7. The highest BCUT2D eigenvalue weighted by atomic mass is 35.5. The highest BCUT2D eigenvalue weighted by Crippen LogP contribution is 2.13. The van der Waals surface area contributed by atoms with Gasteiger partial charge in [-0.05, 0) is 48.5 Å². The van der Waals surface area contributed by atoms with Crippen LogP contribution in [0.3, 0.4) is 0 Å². The van der Waals surface area contributed by atoms with Gasteiger partial charge in [-0.25, -0.2) is 0 Å². The van der Waals surface area contributed by atoms with Gasteiger partial charge in [0.1, 0.15) is 0 Å². The van der Waals surface area contributed by atoms with Crippen molar-refractivity contribution in [1.82, 2.24) is 15.1 Å². The molecule has 1 saturated heterocycles. The van der Waals surface area contributed by atoms with Gasteiger partial charge in [-0.15, -0.1) is 0 Å². The van der Waals surface area contributed by atoms with Crippen molar-refractivity contribution >= 4 is 35.0 Å². The molecule has 1 heterocycles. The molecule has 0 saturated carbocycles. The molecule has 1 fully saturated rings. The molecule has 0 aliphatic carbocycles. The van der Waals surface area contributed by atoms with Crippen molar-refractivity contribution in [2.24, 2.45) is 0 Å². The Morgan fingerprint density at radius 1 is 0.815 bits per heavy atom. The number of carbonyl (C=O) groups excluding carboxylic acids is 2. The Morgan fingerprint density at radius 2 is 1.33 bits per heavy atom. The number of rotatable bonds is 5. The Labute approximate surface area is 168 Å². The monoisotopic (exact) mass is 405 g/mol. The molecule has 0 bridgehead atoms. The van der Waals surface area contributed by atoms with Gasteiger partial charge in [0, 0.05) is 60.4 Å². The Hall–Kier alpha value is -2.08. The van der Waals surface area contributed by atoms with E-state index in [0.717, 1.165) is 19.6 Å². The summed E-state index contributed by atoms with van der Waals surface area (Å²) in [6, 6.07) is 13.8. The lowest BCUT2D eigenvalue weighted by atomic mass is 10.2. The van der Waals surface area contributed by atoms with E-state index in [-0.39, 0.29) is 11.8 Å². The van der Waals surface area contributed by atoms with Gasteiger partial charge in [0.15, 0.2) is 0 Å². The zero-order valence-electron chi connectivity index (χ0n) is 14.8. The topological polar surface area (TPSA) is 52.7 Å². The lowest BCUT2D eigenvalue weighted by Crippen LogP contribution is -2.50. The molecule has 0 unspecified atom stereocenters. The van der Waals surface area contributed by atoms with Crippen LogP contribution in [0.4, 0.5) is 0 Å². The molecule has 27 heavy (non-hydrogen) atoms. The minimum absolute atomic E-state index is 0.0300. The van der Waals surface area contributed by atoms with Crippen molar-refractivity contribution in [1.29, 1.82) is 0 Å².